The first-order valence-corrected chi connectivity index (χ1v) is 6.03. The molecule has 2 N–H and O–H groups in total. The molecule has 0 rings (SSSR count). The van der Waals surface area contributed by atoms with Gasteiger partial charge in [-0.1, -0.05) is 6.92 Å². The van der Waals surface area contributed by atoms with Crippen LogP contribution in [0, 0.1) is 0 Å². The second-order valence-electron chi connectivity index (χ2n) is 4.82. The Bertz CT molecular complexity index is 215. The van der Waals surface area contributed by atoms with Crippen molar-refractivity contribution in [2.45, 2.75) is 52.6 Å². The van der Waals surface area contributed by atoms with Crippen molar-refractivity contribution in [1.29, 1.82) is 0 Å². The predicted molar refractivity (Wildman–Crippen MR) is 66.3 cm³/mol. The van der Waals surface area contributed by atoms with Gasteiger partial charge in [-0.2, -0.15) is 0 Å². The van der Waals surface area contributed by atoms with Crippen LogP contribution < -0.4 is 5.32 Å². The summed E-state index contributed by atoms with van der Waals surface area (Å²) < 4.78 is 0. The molecular formula is C12H26N2O2. The van der Waals surface area contributed by atoms with E-state index >= 15 is 0 Å². The van der Waals surface area contributed by atoms with Crippen molar-refractivity contribution >= 4 is 5.91 Å². The maximum atomic E-state index is 12.3. The molecule has 0 aliphatic heterocycles. The van der Waals surface area contributed by atoms with Crippen molar-refractivity contribution in [3.63, 3.8) is 0 Å². The number of hydrogen-bond acceptors (Lipinski definition) is 3. The van der Waals surface area contributed by atoms with Crippen LogP contribution in [-0.2, 0) is 4.79 Å². The lowest BCUT2D eigenvalue weighted by Crippen LogP contribution is -2.56. The second kappa shape index (κ2) is 6.86. The fourth-order valence-corrected chi connectivity index (χ4v) is 1.71. The Kier molecular flexibility index (Phi) is 6.60. The number of hydrogen-bond donors (Lipinski definition) is 2. The van der Waals surface area contributed by atoms with E-state index in [0.717, 1.165) is 6.54 Å². The first kappa shape index (κ1) is 15.4. The molecule has 0 radical (unpaired) electrons. The van der Waals surface area contributed by atoms with Gasteiger partial charge in [-0.15, -0.1) is 0 Å². The Morgan fingerprint density at radius 3 is 2.38 bits per heavy atom. The first-order chi connectivity index (χ1) is 7.36. The van der Waals surface area contributed by atoms with Crippen LogP contribution in [0.5, 0.6) is 0 Å². The molecule has 0 saturated carbocycles. The minimum atomic E-state index is -0.533. The monoisotopic (exact) mass is 230 g/mol. The molecule has 16 heavy (non-hydrogen) atoms. The molecule has 0 heterocycles. The average molecular weight is 230 g/mol. The molecule has 0 saturated heterocycles. The molecule has 0 atom stereocenters. The number of carbonyl (C=O) groups excluding carboxylic acids is 1. The zero-order valence-electron chi connectivity index (χ0n) is 11.2. The van der Waals surface area contributed by atoms with Gasteiger partial charge in [0.25, 0.3) is 0 Å². The summed E-state index contributed by atoms with van der Waals surface area (Å²) in [5.74, 6) is 0.0952. The van der Waals surface area contributed by atoms with Gasteiger partial charge in [-0.05, 0) is 40.7 Å². The van der Waals surface area contributed by atoms with Crippen LogP contribution in [0.25, 0.3) is 0 Å². The normalized spacial score (nSPS) is 11.9. The molecule has 0 aliphatic rings. The molecular weight excluding hydrogens is 204 g/mol. The Morgan fingerprint density at radius 2 is 2.00 bits per heavy atom. The third kappa shape index (κ3) is 4.49. The first-order valence-electron chi connectivity index (χ1n) is 6.03. The lowest BCUT2D eigenvalue weighted by Gasteiger charge is -2.35. The van der Waals surface area contributed by atoms with Gasteiger partial charge in [-0.3, -0.25) is 4.79 Å². The summed E-state index contributed by atoms with van der Waals surface area (Å²) in [4.78, 5) is 14.1. The van der Waals surface area contributed by atoms with Gasteiger partial charge in [0.2, 0.25) is 5.91 Å². The molecule has 96 valence electrons. The quantitative estimate of drug-likeness (QED) is 0.686. The zero-order valence-corrected chi connectivity index (χ0v) is 11.2. The number of amides is 1. The number of carbonyl (C=O) groups is 1. The summed E-state index contributed by atoms with van der Waals surface area (Å²) in [5.41, 5.74) is -0.533. The minimum absolute atomic E-state index is 0.0952. The standard InChI is InChI=1S/C12H26N2O2/c1-6-13-12(4,5)11(16)14(10(2)3)8-7-9-15/h10,13,15H,6-9H2,1-5H3. The molecule has 4 heteroatoms. The molecule has 0 aromatic carbocycles. The fraction of sp³-hybridized carbons (Fsp3) is 0.917. The van der Waals surface area contributed by atoms with Crippen LogP contribution in [0.4, 0.5) is 0 Å². The highest BCUT2D eigenvalue weighted by molar-refractivity contribution is 5.85. The maximum Gasteiger partial charge on any atom is 0.242 e. The Balaban J connectivity index is 4.59. The highest BCUT2D eigenvalue weighted by atomic mass is 16.3. The topological polar surface area (TPSA) is 52.6 Å². The van der Waals surface area contributed by atoms with E-state index in [1.807, 2.05) is 39.5 Å². The highest BCUT2D eigenvalue weighted by Gasteiger charge is 2.31. The van der Waals surface area contributed by atoms with E-state index in [-0.39, 0.29) is 18.6 Å². The molecule has 4 nitrogen and oxygen atoms in total. The minimum Gasteiger partial charge on any atom is -0.396 e. The van der Waals surface area contributed by atoms with Gasteiger partial charge >= 0.3 is 0 Å². The Morgan fingerprint density at radius 1 is 1.44 bits per heavy atom. The van der Waals surface area contributed by atoms with E-state index in [2.05, 4.69) is 5.32 Å². The highest BCUT2D eigenvalue weighted by Crippen LogP contribution is 2.11. The van der Waals surface area contributed by atoms with E-state index in [9.17, 15) is 4.79 Å². The zero-order chi connectivity index (χ0) is 12.8. The van der Waals surface area contributed by atoms with Gasteiger partial charge in [0, 0.05) is 19.2 Å². The van der Waals surface area contributed by atoms with Crippen molar-refractivity contribution in [2.75, 3.05) is 19.7 Å². The SMILES string of the molecule is CCNC(C)(C)C(=O)N(CCCO)C(C)C. The summed E-state index contributed by atoms with van der Waals surface area (Å²) in [7, 11) is 0. The van der Waals surface area contributed by atoms with Crippen molar-refractivity contribution in [3.8, 4) is 0 Å². The van der Waals surface area contributed by atoms with Crippen LogP contribution in [0.2, 0.25) is 0 Å². The molecule has 0 fully saturated rings. The number of aliphatic hydroxyl groups is 1. The molecule has 0 bridgehead atoms. The average Bonchev–Trinajstić information content (AvgIpc) is 2.17. The maximum absolute atomic E-state index is 12.3. The largest absolute Gasteiger partial charge is 0.396 e. The lowest BCUT2D eigenvalue weighted by atomic mass is 10.0. The van der Waals surface area contributed by atoms with Gasteiger partial charge in [0.15, 0.2) is 0 Å². The number of nitrogens with one attached hydrogen (secondary N) is 1. The fourth-order valence-electron chi connectivity index (χ4n) is 1.71. The lowest BCUT2D eigenvalue weighted by molar-refractivity contribution is -0.139. The van der Waals surface area contributed by atoms with E-state index in [1.54, 1.807) is 0 Å². The van der Waals surface area contributed by atoms with E-state index < -0.39 is 5.54 Å². The van der Waals surface area contributed by atoms with E-state index in [1.165, 1.54) is 0 Å². The Labute approximate surface area is 99.0 Å². The third-order valence-corrected chi connectivity index (χ3v) is 2.59. The summed E-state index contributed by atoms with van der Waals surface area (Å²) >= 11 is 0. The van der Waals surface area contributed by atoms with Gasteiger partial charge in [0.1, 0.15) is 0 Å². The summed E-state index contributed by atoms with van der Waals surface area (Å²) in [6.07, 6.45) is 0.631. The predicted octanol–water partition coefficient (Wildman–Crippen LogP) is 0.994. The number of aliphatic hydroxyl groups excluding tert-OH is 1. The molecule has 0 aromatic rings. The van der Waals surface area contributed by atoms with Crippen molar-refractivity contribution in [2.24, 2.45) is 0 Å². The van der Waals surface area contributed by atoms with Crippen LogP contribution in [0.15, 0.2) is 0 Å². The molecule has 0 aliphatic carbocycles. The van der Waals surface area contributed by atoms with Gasteiger partial charge < -0.3 is 15.3 Å². The molecule has 0 aromatic heterocycles. The van der Waals surface area contributed by atoms with E-state index in [0.29, 0.717) is 13.0 Å². The van der Waals surface area contributed by atoms with Crippen LogP contribution >= 0.6 is 0 Å². The smallest absolute Gasteiger partial charge is 0.242 e. The summed E-state index contributed by atoms with van der Waals surface area (Å²) in [5, 5.41) is 12.0. The van der Waals surface area contributed by atoms with Crippen LogP contribution in [0.3, 0.4) is 0 Å². The molecule has 1 amide bonds. The van der Waals surface area contributed by atoms with Gasteiger partial charge in [-0.25, -0.2) is 0 Å². The number of likely N-dealkylation sites (N-methyl/N-ethyl adjacent to an activating group) is 1. The van der Waals surface area contributed by atoms with E-state index in [4.69, 9.17) is 5.11 Å². The Hall–Kier alpha value is -0.610. The van der Waals surface area contributed by atoms with Crippen molar-refractivity contribution < 1.29 is 9.90 Å². The summed E-state index contributed by atoms with van der Waals surface area (Å²) in [6.45, 7) is 11.3. The second-order valence-corrected chi connectivity index (χ2v) is 4.82. The van der Waals surface area contributed by atoms with Crippen molar-refractivity contribution in [1.82, 2.24) is 10.2 Å². The number of nitrogens with zero attached hydrogens (tertiary/aromatic N) is 1. The number of rotatable bonds is 7. The summed E-state index contributed by atoms with van der Waals surface area (Å²) in [6, 6.07) is 0.164. The molecule has 0 spiro atoms. The van der Waals surface area contributed by atoms with Crippen LogP contribution in [-0.4, -0.2) is 47.2 Å². The van der Waals surface area contributed by atoms with Gasteiger partial charge in [0.05, 0.1) is 5.54 Å². The third-order valence-electron chi connectivity index (χ3n) is 2.59. The molecule has 0 unspecified atom stereocenters. The van der Waals surface area contributed by atoms with Crippen LogP contribution in [0.1, 0.15) is 41.0 Å². The van der Waals surface area contributed by atoms with Crippen molar-refractivity contribution in [3.05, 3.63) is 0 Å².